The zero-order valence-corrected chi connectivity index (χ0v) is 21.7. The molecule has 1 N–H and O–H groups in total. The Morgan fingerprint density at radius 2 is 1.97 bits per heavy atom. The molecule has 0 spiro atoms. The summed E-state index contributed by atoms with van der Waals surface area (Å²) in [4.78, 5) is 17.1. The van der Waals surface area contributed by atoms with E-state index in [4.69, 9.17) is 9.15 Å². The summed E-state index contributed by atoms with van der Waals surface area (Å²) < 4.78 is 13.8. The molecule has 0 unspecified atom stereocenters. The van der Waals surface area contributed by atoms with Crippen molar-refractivity contribution in [1.29, 1.82) is 0 Å². The summed E-state index contributed by atoms with van der Waals surface area (Å²) in [6, 6.07) is 17.5. The van der Waals surface area contributed by atoms with E-state index in [9.17, 15) is 4.79 Å². The van der Waals surface area contributed by atoms with E-state index >= 15 is 0 Å². The molecule has 164 valence electrons. The monoisotopic (exact) mass is 604 g/mol. The van der Waals surface area contributed by atoms with Gasteiger partial charge in [0.2, 0.25) is 5.89 Å². The van der Waals surface area contributed by atoms with Crippen LogP contribution in [0.4, 0.5) is 5.69 Å². The number of carbonyl (C=O) groups excluding carboxylic acids is 1. The number of oxazole rings is 1. The largest absolute Gasteiger partial charge is 0.483 e. The van der Waals surface area contributed by atoms with E-state index in [-0.39, 0.29) is 12.5 Å². The first-order valence-electron chi connectivity index (χ1n) is 10.2. The predicted molar refractivity (Wildman–Crippen MR) is 139 cm³/mol. The maximum absolute atomic E-state index is 12.5. The van der Waals surface area contributed by atoms with Crippen molar-refractivity contribution < 1.29 is 13.9 Å². The molecule has 4 rings (SSSR count). The van der Waals surface area contributed by atoms with Gasteiger partial charge in [0.05, 0.1) is 5.56 Å². The van der Waals surface area contributed by atoms with Gasteiger partial charge >= 0.3 is 0 Å². The smallest absolute Gasteiger partial charge is 0.262 e. The van der Waals surface area contributed by atoms with Gasteiger partial charge in [0.1, 0.15) is 11.3 Å². The van der Waals surface area contributed by atoms with Gasteiger partial charge in [-0.1, -0.05) is 26.0 Å². The number of hydrogen-bond donors (Lipinski definition) is 1. The Hall–Kier alpha value is -2.39. The lowest BCUT2D eigenvalue weighted by Gasteiger charge is -2.14. The molecule has 1 heterocycles. The highest BCUT2D eigenvalue weighted by Gasteiger charge is 2.14. The second-order valence-corrected chi connectivity index (χ2v) is 9.96. The van der Waals surface area contributed by atoms with Crippen LogP contribution >= 0.6 is 38.5 Å². The van der Waals surface area contributed by atoms with E-state index in [1.165, 1.54) is 0 Å². The summed E-state index contributed by atoms with van der Waals surface area (Å²) in [7, 11) is 0. The van der Waals surface area contributed by atoms with E-state index in [0.29, 0.717) is 28.6 Å². The number of halogens is 2. The maximum Gasteiger partial charge on any atom is 0.262 e. The summed E-state index contributed by atoms with van der Waals surface area (Å²) in [5, 5.41) is 2.88. The molecule has 32 heavy (non-hydrogen) atoms. The SMILES string of the molecule is Cc1ccc(C(C)C)c(OCC(=O)Nc2ccc3oc(-c4cc(I)ccc4Br)nc3c2)c1. The number of aromatic nitrogens is 1. The van der Waals surface area contributed by atoms with Crippen LogP contribution in [0, 0.1) is 10.5 Å². The van der Waals surface area contributed by atoms with Crippen LogP contribution in [0.25, 0.3) is 22.6 Å². The molecule has 0 radical (unpaired) electrons. The van der Waals surface area contributed by atoms with Crippen molar-refractivity contribution in [2.45, 2.75) is 26.7 Å². The van der Waals surface area contributed by atoms with E-state index < -0.39 is 0 Å². The second kappa shape index (κ2) is 9.62. The lowest BCUT2D eigenvalue weighted by atomic mass is 10.0. The summed E-state index contributed by atoms with van der Waals surface area (Å²) in [6.45, 7) is 6.15. The van der Waals surface area contributed by atoms with Gasteiger partial charge in [-0.25, -0.2) is 4.98 Å². The fourth-order valence-corrected chi connectivity index (χ4v) is 4.27. The summed E-state index contributed by atoms with van der Waals surface area (Å²) in [5.41, 5.74) is 5.03. The molecular formula is C25H22BrIN2O3. The third-order valence-corrected chi connectivity index (χ3v) is 6.34. The molecule has 0 bridgehead atoms. The maximum atomic E-state index is 12.5. The van der Waals surface area contributed by atoms with Crippen LogP contribution in [0.2, 0.25) is 0 Å². The number of hydrogen-bond acceptors (Lipinski definition) is 4. The van der Waals surface area contributed by atoms with Gasteiger partial charge in [-0.3, -0.25) is 4.79 Å². The molecule has 4 aromatic rings. The summed E-state index contributed by atoms with van der Waals surface area (Å²) in [5.74, 6) is 1.35. The first kappa shape index (κ1) is 22.8. The number of amides is 1. The minimum absolute atomic E-state index is 0.0688. The van der Waals surface area contributed by atoms with Crippen molar-refractivity contribution in [2.75, 3.05) is 11.9 Å². The molecule has 1 amide bonds. The van der Waals surface area contributed by atoms with E-state index in [0.717, 1.165) is 30.5 Å². The molecule has 1 aromatic heterocycles. The van der Waals surface area contributed by atoms with Gasteiger partial charge in [0, 0.05) is 13.7 Å². The molecular weight excluding hydrogens is 583 g/mol. The Balaban J connectivity index is 1.48. The zero-order chi connectivity index (χ0) is 22.8. The minimum atomic E-state index is -0.232. The predicted octanol–water partition coefficient (Wildman–Crippen LogP) is 7.31. The van der Waals surface area contributed by atoms with Crippen molar-refractivity contribution in [3.63, 3.8) is 0 Å². The average Bonchev–Trinajstić information content (AvgIpc) is 3.17. The van der Waals surface area contributed by atoms with Crippen molar-refractivity contribution in [1.82, 2.24) is 4.98 Å². The number of rotatable bonds is 6. The van der Waals surface area contributed by atoms with E-state index in [1.54, 1.807) is 12.1 Å². The lowest BCUT2D eigenvalue weighted by molar-refractivity contribution is -0.118. The van der Waals surface area contributed by atoms with Crippen LogP contribution < -0.4 is 10.1 Å². The Morgan fingerprint density at radius 1 is 1.16 bits per heavy atom. The fourth-order valence-electron chi connectivity index (χ4n) is 3.37. The van der Waals surface area contributed by atoms with Crippen molar-refractivity contribution in [3.8, 4) is 17.2 Å². The van der Waals surface area contributed by atoms with Gasteiger partial charge in [-0.2, -0.15) is 0 Å². The normalized spacial score (nSPS) is 11.2. The first-order valence-corrected chi connectivity index (χ1v) is 12.1. The minimum Gasteiger partial charge on any atom is -0.483 e. The van der Waals surface area contributed by atoms with Crippen molar-refractivity contribution >= 4 is 61.2 Å². The topological polar surface area (TPSA) is 64.4 Å². The fraction of sp³-hybridized carbons (Fsp3) is 0.200. The number of benzene rings is 3. The highest BCUT2D eigenvalue weighted by atomic mass is 127. The quantitative estimate of drug-likeness (QED) is 0.234. The molecule has 0 aliphatic rings. The number of carbonyl (C=O) groups is 1. The molecule has 0 saturated heterocycles. The lowest BCUT2D eigenvalue weighted by Crippen LogP contribution is -2.20. The van der Waals surface area contributed by atoms with Crippen LogP contribution in [-0.4, -0.2) is 17.5 Å². The van der Waals surface area contributed by atoms with Crippen LogP contribution in [0.5, 0.6) is 5.75 Å². The van der Waals surface area contributed by atoms with Gasteiger partial charge in [-0.05, 0) is 105 Å². The third-order valence-electron chi connectivity index (χ3n) is 4.98. The number of fused-ring (bicyclic) bond motifs is 1. The molecule has 0 aliphatic heterocycles. The molecule has 5 nitrogen and oxygen atoms in total. The van der Waals surface area contributed by atoms with Crippen molar-refractivity contribution in [2.24, 2.45) is 0 Å². The Bertz CT molecular complexity index is 1300. The zero-order valence-electron chi connectivity index (χ0n) is 17.9. The van der Waals surface area contributed by atoms with Crippen LogP contribution in [0.15, 0.2) is 63.5 Å². The third kappa shape index (κ3) is 5.15. The number of anilines is 1. The Labute approximate surface area is 208 Å². The number of aryl methyl sites for hydroxylation is 1. The number of nitrogens with zero attached hydrogens (tertiary/aromatic N) is 1. The molecule has 3 aromatic carbocycles. The van der Waals surface area contributed by atoms with Gasteiger partial charge in [0.25, 0.3) is 5.91 Å². The molecule has 0 atom stereocenters. The van der Waals surface area contributed by atoms with Crippen molar-refractivity contribution in [3.05, 3.63) is 73.8 Å². The van der Waals surface area contributed by atoms with E-state index in [1.807, 2.05) is 37.3 Å². The van der Waals surface area contributed by atoms with Crippen LogP contribution in [-0.2, 0) is 4.79 Å². The van der Waals surface area contributed by atoms with Crippen LogP contribution in [0.1, 0.15) is 30.9 Å². The highest BCUT2D eigenvalue weighted by Crippen LogP contribution is 2.32. The Kier molecular flexibility index (Phi) is 6.85. The molecule has 0 aliphatic carbocycles. The second-order valence-electron chi connectivity index (χ2n) is 7.86. The molecule has 0 fully saturated rings. The van der Waals surface area contributed by atoms with E-state index in [2.05, 4.69) is 74.8 Å². The summed E-state index contributed by atoms with van der Waals surface area (Å²) in [6.07, 6.45) is 0. The standard InChI is InChI=1S/C25H22BrIN2O3/c1-14(2)18-7-4-15(3)10-23(18)31-13-24(30)28-17-6-9-22-21(12-17)29-25(32-22)19-11-16(27)5-8-20(19)26/h4-12,14H,13H2,1-3H3,(H,28,30). The first-order chi connectivity index (χ1) is 15.3. The van der Waals surface area contributed by atoms with Crippen LogP contribution in [0.3, 0.4) is 0 Å². The molecule has 7 heteroatoms. The number of ether oxygens (including phenoxy) is 1. The highest BCUT2D eigenvalue weighted by molar-refractivity contribution is 14.1. The molecule has 0 saturated carbocycles. The average molecular weight is 605 g/mol. The Morgan fingerprint density at radius 3 is 2.75 bits per heavy atom. The van der Waals surface area contributed by atoms with Gasteiger partial charge in [0.15, 0.2) is 12.2 Å². The van der Waals surface area contributed by atoms with Gasteiger partial charge < -0.3 is 14.5 Å². The number of nitrogens with one attached hydrogen (secondary N) is 1. The summed E-state index contributed by atoms with van der Waals surface area (Å²) >= 11 is 5.81. The van der Waals surface area contributed by atoms with Gasteiger partial charge in [-0.15, -0.1) is 0 Å².